The van der Waals surface area contributed by atoms with Crippen LogP contribution >= 0.6 is 0 Å². The zero-order chi connectivity index (χ0) is 13.1. The van der Waals surface area contributed by atoms with Crippen LogP contribution in [0.4, 0.5) is 0 Å². The van der Waals surface area contributed by atoms with E-state index < -0.39 is 15.7 Å². The van der Waals surface area contributed by atoms with Crippen molar-refractivity contribution in [1.29, 1.82) is 0 Å². The molecule has 0 radical (unpaired) electrons. The molecule has 1 atom stereocenters. The largest absolute Gasteiger partial charge is 0.396 e. The van der Waals surface area contributed by atoms with E-state index in [0.29, 0.717) is 13.1 Å². The highest BCUT2D eigenvalue weighted by atomic mass is 32.2. The number of rotatable bonds is 5. The highest BCUT2D eigenvalue weighted by Crippen LogP contribution is 2.19. The Kier molecular flexibility index (Phi) is 4.95. The van der Waals surface area contributed by atoms with Gasteiger partial charge in [-0.15, -0.1) is 0 Å². The van der Waals surface area contributed by atoms with Crippen molar-refractivity contribution < 1.29 is 13.5 Å². The number of aliphatic hydroxyl groups is 1. The molecule has 5 nitrogen and oxygen atoms in total. The lowest BCUT2D eigenvalue weighted by molar-refractivity contribution is 0.164. The van der Waals surface area contributed by atoms with Gasteiger partial charge in [-0.2, -0.15) is 17.4 Å². The fourth-order valence-corrected chi connectivity index (χ4v) is 3.63. The Labute approximate surface area is 104 Å². The third-order valence-electron chi connectivity index (χ3n) is 3.37. The number of hydrogen-bond acceptors (Lipinski definition) is 3. The molecule has 0 amide bonds. The maximum atomic E-state index is 12.2. The Bertz CT molecular complexity index is 341. The van der Waals surface area contributed by atoms with Crippen molar-refractivity contribution in [3.63, 3.8) is 0 Å². The second-order valence-corrected chi connectivity index (χ2v) is 7.06. The van der Waals surface area contributed by atoms with E-state index >= 15 is 0 Å². The average molecular weight is 264 g/mol. The van der Waals surface area contributed by atoms with Crippen LogP contribution in [0.5, 0.6) is 0 Å². The first kappa shape index (κ1) is 14.9. The van der Waals surface area contributed by atoms with E-state index in [-0.39, 0.29) is 12.5 Å². The Balaban J connectivity index is 2.70. The van der Waals surface area contributed by atoms with Gasteiger partial charge in [0.05, 0.1) is 0 Å². The van der Waals surface area contributed by atoms with Gasteiger partial charge in [-0.3, -0.25) is 0 Å². The molecule has 1 saturated heterocycles. The minimum absolute atomic E-state index is 0.0587. The fourth-order valence-electron chi connectivity index (χ4n) is 1.88. The molecular weight excluding hydrogens is 240 g/mol. The number of nitrogens with one attached hydrogen (secondary N) is 1. The Morgan fingerprint density at radius 3 is 2.65 bits per heavy atom. The van der Waals surface area contributed by atoms with Crippen molar-refractivity contribution in [2.45, 2.75) is 45.6 Å². The summed E-state index contributed by atoms with van der Waals surface area (Å²) in [4.78, 5) is 0. The quantitative estimate of drug-likeness (QED) is 0.768. The van der Waals surface area contributed by atoms with Crippen LogP contribution in [-0.2, 0) is 10.2 Å². The van der Waals surface area contributed by atoms with E-state index in [4.69, 9.17) is 5.11 Å². The molecule has 1 heterocycles. The summed E-state index contributed by atoms with van der Waals surface area (Å²) >= 11 is 0. The van der Waals surface area contributed by atoms with E-state index in [2.05, 4.69) is 4.72 Å². The molecule has 0 aromatic heterocycles. The van der Waals surface area contributed by atoms with Gasteiger partial charge in [0.1, 0.15) is 0 Å². The van der Waals surface area contributed by atoms with E-state index in [1.54, 1.807) is 0 Å². The van der Waals surface area contributed by atoms with E-state index in [0.717, 1.165) is 19.3 Å². The van der Waals surface area contributed by atoms with Crippen LogP contribution in [-0.4, -0.2) is 43.1 Å². The van der Waals surface area contributed by atoms with Crippen molar-refractivity contribution >= 4 is 10.2 Å². The maximum Gasteiger partial charge on any atom is 0.279 e. The van der Waals surface area contributed by atoms with Gasteiger partial charge in [0, 0.05) is 25.2 Å². The molecule has 0 spiro atoms. The van der Waals surface area contributed by atoms with Gasteiger partial charge in [0.2, 0.25) is 0 Å². The van der Waals surface area contributed by atoms with Gasteiger partial charge in [-0.05, 0) is 39.0 Å². The van der Waals surface area contributed by atoms with E-state index in [1.165, 1.54) is 4.31 Å². The number of nitrogens with zero attached hydrogens (tertiary/aromatic N) is 1. The standard InChI is InChI=1S/C11H24N2O3S/c1-4-11(2,3)12-17(15,16)13-7-5-6-10(8-13)9-14/h10,12,14H,4-9H2,1-3H3. The Morgan fingerprint density at radius 2 is 2.12 bits per heavy atom. The predicted octanol–water partition coefficient (Wildman–Crippen LogP) is 0.714. The molecule has 6 heteroatoms. The summed E-state index contributed by atoms with van der Waals surface area (Å²) in [5.74, 6) is 0.0741. The second kappa shape index (κ2) is 5.65. The molecule has 2 N–H and O–H groups in total. The molecule has 1 rings (SSSR count). The lowest BCUT2D eigenvalue weighted by Crippen LogP contribution is -2.52. The molecule has 102 valence electrons. The number of aliphatic hydroxyl groups excluding tert-OH is 1. The first-order valence-electron chi connectivity index (χ1n) is 6.20. The van der Waals surface area contributed by atoms with E-state index in [1.807, 2.05) is 20.8 Å². The van der Waals surface area contributed by atoms with Crippen LogP contribution in [0.2, 0.25) is 0 Å². The van der Waals surface area contributed by atoms with Crippen molar-refractivity contribution in [1.82, 2.24) is 9.03 Å². The van der Waals surface area contributed by atoms with Crippen molar-refractivity contribution in [2.24, 2.45) is 5.92 Å². The normalized spacial score (nSPS) is 23.9. The zero-order valence-electron chi connectivity index (χ0n) is 10.9. The summed E-state index contributed by atoms with van der Waals surface area (Å²) in [5, 5.41) is 9.11. The molecule has 1 aliphatic rings. The topological polar surface area (TPSA) is 69.6 Å². The van der Waals surface area contributed by atoms with Gasteiger partial charge in [0.15, 0.2) is 0 Å². The second-order valence-electron chi connectivity index (χ2n) is 5.39. The lowest BCUT2D eigenvalue weighted by Gasteiger charge is -2.34. The predicted molar refractivity (Wildman–Crippen MR) is 67.8 cm³/mol. The fraction of sp³-hybridized carbons (Fsp3) is 1.00. The Morgan fingerprint density at radius 1 is 1.47 bits per heavy atom. The highest BCUT2D eigenvalue weighted by molar-refractivity contribution is 7.87. The SMILES string of the molecule is CCC(C)(C)NS(=O)(=O)N1CCCC(CO)C1. The summed E-state index contributed by atoms with van der Waals surface area (Å²) in [5.41, 5.74) is -0.426. The number of hydrogen-bond donors (Lipinski definition) is 2. The minimum atomic E-state index is -3.42. The smallest absolute Gasteiger partial charge is 0.279 e. The molecule has 0 aliphatic carbocycles. The summed E-state index contributed by atoms with van der Waals surface area (Å²) in [6.45, 7) is 6.73. The monoisotopic (exact) mass is 264 g/mol. The van der Waals surface area contributed by atoms with Gasteiger partial charge in [0.25, 0.3) is 10.2 Å². The van der Waals surface area contributed by atoms with Crippen LogP contribution in [0.3, 0.4) is 0 Å². The van der Waals surface area contributed by atoms with Crippen LogP contribution < -0.4 is 4.72 Å². The molecule has 1 aliphatic heterocycles. The van der Waals surface area contributed by atoms with Gasteiger partial charge in [-0.1, -0.05) is 6.92 Å². The van der Waals surface area contributed by atoms with Gasteiger partial charge < -0.3 is 5.11 Å². The van der Waals surface area contributed by atoms with Crippen LogP contribution in [0.15, 0.2) is 0 Å². The van der Waals surface area contributed by atoms with Crippen molar-refractivity contribution in [2.75, 3.05) is 19.7 Å². The number of piperidine rings is 1. The summed E-state index contributed by atoms with van der Waals surface area (Å²) < 4.78 is 28.5. The molecule has 17 heavy (non-hydrogen) atoms. The van der Waals surface area contributed by atoms with E-state index in [9.17, 15) is 8.42 Å². The first-order valence-corrected chi connectivity index (χ1v) is 7.64. The third kappa shape index (κ3) is 4.21. The summed E-state index contributed by atoms with van der Waals surface area (Å²) in [6.07, 6.45) is 2.46. The van der Waals surface area contributed by atoms with Gasteiger partial charge >= 0.3 is 0 Å². The third-order valence-corrected chi connectivity index (χ3v) is 5.19. The molecule has 0 aromatic carbocycles. The molecule has 1 unspecified atom stereocenters. The summed E-state index contributed by atoms with van der Waals surface area (Å²) in [7, 11) is -3.42. The minimum Gasteiger partial charge on any atom is -0.396 e. The summed E-state index contributed by atoms with van der Waals surface area (Å²) in [6, 6.07) is 0. The molecule has 0 bridgehead atoms. The Hall–Kier alpha value is -0.170. The zero-order valence-corrected chi connectivity index (χ0v) is 11.8. The molecular formula is C11H24N2O3S. The maximum absolute atomic E-state index is 12.2. The van der Waals surface area contributed by atoms with Crippen LogP contribution in [0.1, 0.15) is 40.0 Å². The van der Waals surface area contributed by atoms with Crippen LogP contribution in [0, 0.1) is 5.92 Å². The van der Waals surface area contributed by atoms with Crippen LogP contribution in [0.25, 0.3) is 0 Å². The first-order chi connectivity index (χ1) is 7.80. The molecule has 0 aromatic rings. The van der Waals surface area contributed by atoms with Gasteiger partial charge in [-0.25, -0.2) is 0 Å². The molecule has 1 fully saturated rings. The lowest BCUT2D eigenvalue weighted by atomic mass is 10.0. The molecule has 0 saturated carbocycles. The van der Waals surface area contributed by atoms with Crippen molar-refractivity contribution in [3.05, 3.63) is 0 Å². The average Bonchev–Trinajstić information content (AvgIpc) is 2.28. The van der Waals surface area contributed by atoms with Crippen molar-refractivity contribution in [3.8, 4) is 0 Å². The highest BCUT2D eigenvalue weighted by Gasteiger charge is 2.32.